The summed E-state index contributed by atoms with van der Waals surface area (Å²) in [7, 11) is 1.81. The van der Waals surface area contributed by atoms with Crippen molar-refractivity contribution in [2.75, 3.05) is 13.7 Å². The molecule has 1 saturated heterocycles. The highest BCUT2D eigenvalue weighted by Crippen LogP contribution is 2.48. The van der Waals surface area contributed by atoms with Gasteiger partial charge in [0.15, 0.2) is 5.79 Å². The van der Waals surface area contributed by atoms with E-state index in [-0.39, 0.29) is 30.1 Å². The van der Waals surface area contributed by atoms with Crippen LogP contribution in [-0.2, 0) is 16.0 Å². The number of aromatic nitrogens is 3. The number of rotatable bonds is 4. The topological polar surface area (TPSA) is 78.7 Å². The zero-order valence-electron chi connectivity index (χ0n) is 18.7. The van der Waals surface area contributed by atoms with Crippen LogP contribution in [0.2, 0.25) is 5.15 Å². The van der Waals surface area contributed by atoms with Gasteiger partial charge in [-0.05, 0) is 44.0 Å². The first-order valence-electron chi connectivity index (χ1n) is 11.1. The lowest BCUT2D eigenvalue weighted by Crippen LogP contribution is -2.29. The molecule has 4 atom stereocenters. The van der Waals surface area contributed by atoms with Crippen molar-refractivity contribution < 1.29 is 19.0 Å². The van der Waals surface area contributed by atoms with E-state index in [1.807, 2.05) is 51.4 Å². The van der Waals surface area contributed by atoms with Gasteiger partial charge in [-0.1, -0.05) is 17.7 Å². The van der Waals surface area contributed by atoms with Gasteiger partial charge in [0.1, 0.15) is 29.0 Å². The molecule has 0 bridgehead atoms. The first-order chi connectivity index (χ1) is 15.8. The minimum atomic E-state index is -0.674. The molecule has 4 heterocycles. The van der Waals surface area contributed by atoms with Gasteiger partial charge in [0.25, 0.3) is 5.91 Å². The second-order valence-corrected chi connectivity index (χ2v) is 9.90. The fraction of sp³-hybridized carbons (Fsp3) is 0.458. The van der Waals surface area contributed by atoms with E-state index in [1.165, 1.54) is 6.33 Å². The van der Waals surface area contributed by atoms with Crippen LogP contribution in [0.5, 0.6) is 5.75 Å². The molecule has 33 heavy (non-hydrogen) atoms. The molecule has 0 unspecified atom stereocenters. The third-order valence-electron chi connectivity index (χ3n) is 6.90. The van der Waals surface area contributed by atoms with Crippen molar-refractivity contribution in [2.45, 2.75) is 50.8 Å². The molecule has 3 aliphatic rings. The number of halogens is 1. The largest absolute Gasteiger partial charge is 0.493 e. The Kier molecular flexibility index (Phi) is 4.69. The van der Waals surface area contributed by atoms with E-state index in [9.17, 15) is 4.79 Å². The van der Waals surface area contributed by atoms with Crippen LogP contribution in [0.25, 0.3) is 11.0 Å². The fourth-order valence-corrected chi connectivity index (χ4v) is 5.61. The lowest BCUT2D eigenvalue weighted by Gasteiger charge is -2.24. The number of ether oxygens (including phenoxy) is 3. The third kappa shape index (κ3) is 3.39. The summed E-state index contributed by atoms with van der Waals surface area (Å²) in [6.45, 7) is 4.99. The Balaban J connectivity index is 1.26. The number of nitrogens with zero attached hydrogens (tertiary/aromatic N) is 4. The van der Waals surface area contributed by atoms with E-state index in [0.29, 0.717) is 29.6 Å². The SMILES string of the molecule is CN1Cc2ccc(OC[C@H]3C[C@@H](n4ccc5c(Cl)ncnc54)[C@@H]4OC(C)(C)O[C@H]34)cc2C1=O. The Morgan fingerprint density at radius 2 is 2.03 bits per heavy atom. The summed E-state index contributed by atoms with van der Waals surface area (Å²) in [5, 5.41) is 1.26. The van der Waals surface area contributed by atoms with E-state index < -0.39 is 5.79 Å². The maximum absolute atomic E-state index is 12.3. The number of fused-ring (bicyclic) bond motifs is 3. The van der Waals surface area contributed by atoms with Crippen LogP contribution in [-0.4, -0.2) is 57.0 Å². The highest BCUT2D eigenvalue weighted by Gasteiger charge is 2.55. The summed E-state index contributed by atoms with van der Waals surface area (Å²) in [5.74, 6) is 0.169. The Labute approximate surface area is 196 Å². The first kappa shape index (κ1) is 20.9. The Morgan fingerprint density at radius 3 is 2.88 bits per heavy atom. The van der Waals surface area contributed by atoms with Crippen LogP contribution < -0.4 is 4.74 Å². The molecule has 2 aliphatic heterocycles. The van der Waals surface area contributed by atoms with Crippen LogP contribution in [0.4, 0.5) is 0 Å². The molecular formula is C24H25ClN4O4. The molecule has 6 rings (SSSR count). The van der Waals surface area contributed by atoms with Crippen LogP contribution >= 0.6 is 11.6 Å². The van der Waals surface area contributed by atoms with Gasteiger partial charge in [-0.15, -0.1) is 0 Å². The van der Waals surface area contributed by atoms with Gasteiger partial charge in [-0.25, -0.2) is 9.97 Å². The normalized spacial score (nSPS) is 27.9. The average Bonchev–Trinajstić information content (AvgIpc) is 3.49. The standard InChI is InChI=1S/C24H25ClN4O4/c1-24(2)32-19-14(11-31-15-5-4-13-10-28(3)23(30)17(13)9-15)8-18(20(19)33-24)29-7-6-16-21(25)26-12-27-22(16)29/h4-7,9,12,14,18-20H,8,10-11H2,1-3H3/t14-,18-,19-,20+/m1/s1. The number of carbonyl (C=O) groups excluding carboxylic acids is 1. The van der Waals surface area contributed by atoms with Gasteiger partial charge in [0, 0.05) is 31.3 Å². The summed E-state index contributed by atoms with van der Waals surface area (Å²) in [6, 6.07) is 7.72. The van der Waals surface area contributed by atoms with Crippen molar-refractivity contribution in [2.24, 2.45) is 5.92 Å². The Bertz CT molecular complexity index is 1260. The molecule has 172 valence electrons. The fourth-order valence-electron chi connectivity index (χ4n) is 5.42. The molecule has 1 amide bonds. The van der Waals surface area contributed by atoms with E-state index in [4.69, 9.17) is 25.8 Å². The molecule has 2 fully saturated rings. The molecular weight excluding hydrogens is 444 g/mol. The predicted molar refractivity (Wildman–Crippen MR) is 121 cm³/mol. The zero-order valence-corrected chi connectivity index (χ0v) is 19.5. The second-order valence-electron chi connectivity index (χ2n) is 9.54. The molecule has 8 nitrogen and oxygen atoms in total. The molecule has 1 aliphatic carbocycles. The summed E-state index contributed by atoms with van der Waals surface area (Å²) in [5.41, 5.74) is 2.54. The van der Waals surface area contributed by atoms with Gasteiger partial charge in [0.05, 0.1) is 24.1 Å². The molecule has 0 spiro atoms. The van der Waals surface area contributed by atoms with E-state index in [0.717, 1.165) is 23.0 Å². The van der Waals surface area contributed by atoms with Crippen molar-refractivity contribution in [3.8, 4) is 5.75 Å². The van der Waals surface area contributed by atoms with Gasteiger partial charge in [-0.2, -0.15) is 0 Å². The average molecular weight is 469 g/mol. The number of carbonyl (C=O) groups is 1. The molecule has 1 aromatic carbocycles. The molecule has 1 saturated carbocycles. The lowest BCUT2D eigenvalue weighted by atomic mass is 10.1. The molecule has 3 aromatic rings. The minimum Gasteiger partial charge on any atom is -0.493 e. The van der Waals surface area contributed by atoms with Gasteiger partial charge >= 0.3 is 0 Å². The highest BCUT2D eigenvalue weighted by atomic mass is 35.5. The predicted octanol–water partition coefficient (Wildman–Crippen LogP) is 3.83. The number of amides is 1. The zero-order chi connectivity index (χ0) is 22.9. The van der Waals surface area contributed by atoms with Crippen molar-refractivity contribution in [3.63, 3.8) is 0 Å². The van der Waals surface area contributed by atoms with E-state index in [2.05, 4.69) is 14.5 Å². The number of benzene rings is 1. The van der Waals surface area contributed by atoms with Gasteiger partial charge in [0.2, 0.25) is 0 Å². The van der Waals surface area contributed by atoms with Crippen molar-refractivity contribution >= 4 is 28.5 Å². The molecule has 2 aromatic heterocycles. The third-order valence-corrected chi connectivity index (χ3v) is 7.20. The van der Waals surface area contributed by atoms with E-state index in [1.54, 1.807) is 4.90 Å². The van der Waals surface area contributed by atoms with Gasteiger partial charge in [-0.3, -0.25) is 4.79 Å². The summed E-state index contributed by atoms with van der Waals surface area (Å²) in [6.07, 6.45) is 4.04. The molecule has 0 N–H and O–H groups in total. The van der Waals surface area contributed by atoms with Crippen LogP contribution in [0, 0.1) is 5.92 Å². The van der Waals surface area contributed by atoms with Crippen molar-refractivity contribution in [3.05, 3.63) is 53.1 Å². The summed E-state index contributed by atoms with van der Waals surface area (Å²) < 4.78 is 20.9. The molecule has 0 radical (unpaired) electrons. The summed E-state index contributed by atoms with van der Waals surface area (Å²) >= 11 is 6.27. The van der Waals surface area contributed by atoms with E-state index >= 15 is 0 Å². The molecule has 9 heteroatoms. The Morgan fingerprint density at radius 1 is 1.21 bits per heavy atom. The maximum Gasteiger partial charge on any atom is 0.254 e. The summed E-state index contributed by atoms with van der Waals surface area (Å²) in [4.78, 5) is 22.6. The first-order valence-corrected chi connectivity index (χ1v) is 11.5. The number of hydrogen-bond acceptors (Lipinski definition) is 6. The second kappa shape index (κ2) is 7.41. The van der Waals surface area contributed by atoms with Crippen molar-refractivity contribution in [1.82, 2.24) is 19.4 Å². The quantitative estimate of drug-likeness (QED) is 0.541. The maximum atomic E-state index is 12.3. The highest BCUT2D eigenvalue weighted by molar-refractivity contribution is 6.33. The smallest absolute Gasteiger partial charge is 0.254 e. The van der Waals surface area contributed by atoms with Crippen LogP contribution in [0.15, 0.2) is 36.8 Å². The van der Waals surface area contributed by atoms with Crippen molar-refractivity contribution in [1.29, 1.82) is 0 Å². The Hall–Kier alpha value is -2.68. The lowest BCUT2D eigenvalue weighted by molar-refractivity contribution is -0.161. The minimum absolute atomic E-state index is 0.0316. The monoisotopic (exact) mass is 468 g/mol. The van der Waals surface area contributed by atoms with Gasteiger partial charge < -0.3 is 23.7 Å². The van der Waals surface area contributed by atoms with Crippen LogP contribution in [0.3, 0.4) is 0 Å². The van der Waals surface area contributed by atoms with Crippen LogP contribution in [0.1, 0.15) is 42.2 Å². The number of hydrogen-bond donors (Lipinski definition) is 0.